The third kappa shape index (κ3) is 2.04. The summed E-state index contributed by atoms with van der Waals surface area (Å²) in [4.78, 5) is 0.244. The molecule has 1 N–H and O–H groups in total. The second-order valence-electron chi connectivity index (χ2n) is 3.95. The molecule has 0 bridgehead atoms. The molecular formula is C12H15N3O2S. The Hall–Kier alpha value is -1.66. The van der Waals surface area contributed by atoms with E-state index in [-0.39, 0.29) is 4.90 Å². The van der Waals surface area contributed by atoms with E-state index in [4.69, 9.17) is 0 Å². The van der Waals surface area contributed by atoms with Crippen molar-refractivity contribution < 1.29 is 8.42 Å². The number of aromatic nitrogens is 2. The van der Waals surface area contributed by atoms with Crippen LogP contribution in [0.25, 0.3) is 5.69 Å². The number of sulfonamides is 1. The van der Waals surface area contributed by atoms with E-state index in [1.807, 2.05) is 30.3 Å². The smallest absolute Gasteiger partial charge is 0.236 e. The lowest BCUT2D eigenvalue weighted by molar-refractivity contribution is 0.587. The quantitative estimate of drug-likeness (QED) is 0.912. The molecule has 1 aromatic carbocycles. The second kappa shape index (κ2) is 4.55. The van der Waals surface area contributed by atoms with Crippen LogP contribution >= 0.6 is 0 Å². The lowest BCUT2D eigenvalue weighted by Crippen LogP contribution is -2.20. The van der Waals surface area contributed by atoms with Crippen LogP contribution < -0.4 is 4.72 Å². The Morgan fingerprint density at radius 2 is 1.78 bits per heavy atom. The fraction of sp³-hybridized carbons (Fsp3) is 0.250. The van der Waals surface area contributed by atoms with Crippen LogP contribution in [-0.4, -0.2) is 25.2 Å². The molecule has 6 heteroatoms. The Morgan fingerprint density at radius 3 is 2.33 bits per heavy atom. The summed E-state index contributed by atoms with van der Waals surface area (Å²) in [6, 6.07) is 9.45. The highest BCUT2D eigenvalue weighted by molar-refractivity contribution is 7.89. The van der Waals surface area contributed by atoms with Gasteiger partial charge in [0.25, 0.3) is 0 Å². The molecule has 0 amide bonds. The van der Waals surface area contributed by atoms with Crippen LogP contribution in [0.5, 0.6) is 0 Å². The van der Waals surface area contributed by atoms with E-state index >= 15 is 0 Å². The molecule has 0 aliphatic carbocycles. The topological polar surface area (TPSA) is 64.0 Å². The zero-order chi connectivity index (χ0) is 13.3. The maximum atomic E-state index is 11.9. The SMILES string of the molecule is CNS(=O)(=O)c1c(C)nn(-c2ccccc2)c1C. The minimum atomic E-state index is -3.48. The van der Waals surface area contributed by atoms with Gasteiger partial charge in [-0.1, -0.05) is 18.2 Å². The Kier molecular flexibility index (Phi) is 3.23. The standard InChI is InChI=1S/C12H15N3O2S/c1-9-12(18(16,17)13-3)10(2)15(14-9)11-7-5-4-6-8-11/h4-8,13H,1-3H3. The van der Waals surface area contributed by atoms with Crippen molar-refractivity contribution in [3.8, 4) is 5.69 Å². The Bertz CT molecular complexity index is 660. The average Bonchev–Trinajstić information content (AvgIpc) is 2.66. The predicted molar refractivity (Wildman–Crippen MR) is 69.3 cm³/mol. The van der Waals surface area contributed by atoms with Crippen LogP contribution in [0, 0.1) is 13.8 Å². The maximum Gasteiger partial charge on any atom is 0.243 e. The van der Waals surface area contributed by atoms with Gasteiger partial charge >= 0.3 is 0 Å². The van der Waals surface area contributed by atoms with Crippen LogP contribution in [0.15, 0.2) is 35.2 Å². The van der Waals surface area contributed by atoms with Crippen LogP contribution in [0.2, 0.25) is 0 Å². The molecule has 18 heavy (non-hydrogen) atoms. The van der Waals surface area contributed by atoms with Gasteiger partial charge in [0.1, 0.15) is 4.90 Å². The van der Waals surface area contributed by atoms with Gasteiger partial charge in [0, 0.05) is 0 Å². The summed E-state index contributed by atoms with van der Waals surface area (Å²) < 4.78 is 27.8. The minimum absolute atomic E-state index is 0.244. The highest BCUT2D eigenvalue weighted by Gasteiger charge is 2.23. The molecule has 0 radical (unpaired) electrons. The number of nitrogens with zero attached hydrogens (tertiary/aromatic N) is 2. The summed E-state index contributed by atoms with van der Waals surface area (Å²) in [6.45, 7) is 3.44. The normalized spacial score (nSPS) is 11.7. The largest absolute Gasteiger partial charge is 0.243 e. The molecule has 0 atom stereocenters. The summed E-state index contributed by atoms with van der Waals surface area (Å²) in [5.74, 6) is 0. The van der Waals surface area contributed by atoms with Crippen LogP contribution in [0.3, 0.4) is 0 Å². The van der Waals surface area contributed by atoms with Gasteiger partial charge in [0.05, 0.1) is 17.1 Å². The lowest BCUT2D eigenvalue weighted by atomic mass is 10.3. The van der Waals surface area contributed by atoms with Crippen molar-refractivity contribution in [1.29, 1.82) is 0 Å². The Morgan fingerprint density at radius 1 is 1.17 bits per heavy atom. The molecule has 0 saturated heterocycles. The Balaban J connectivity index is 2.66. The molecule has 1 heterocycles. The molecule has 0 aliphatic heterocycles. The predicted octanol–water partition coefficient (Wildman–Crippen LogP) is 1.40. The number of aryl methyl sites for hydroxylation is 1. The van der Waals surface area contributed by atoms with Gasteiger partial charge in [-0.2, -0.15) is 5.10 Å². The van der Waals surface area contributed by atoms with Crippen molar-refractivity contribution in [1.82, 2.24) is 14.5 Å². The first kappa shape index (κ1) is 12.8. The number of nitrogens with one attached hydrogen (secondary N) is 1. The van der Waals surface area contributed by atoms with E-state index in [2.05, 4.69) is 9.82 Å². The average molecular weight is 265 g/mol. The zero-order valence-electron chi connectivity index (χ0n) is 10.5. The fourth-order valence-corrected chi connectivity index (χ4v) is 3.05. The molecule has 0 spiro atoms. The van der Waals surface area contributed by atoms with Crippen molar-refractivity contribution >= 4 is 10.0 Å². The van der Waals surface area contributed by atoms with E-state index < -0.39 is 10.0 Å². The van der Waals surface area contributed by atoms with Crippen LogP contribution in [0.1, 0.15) is 11.4 Å². The first-order valence-electron chi connectivity index (χ1n) is 5.52. The van der Waals surface area contributed by atoms with Gasteiger partial charge in [0.15, 0.2) is 0 Å². The molecular weight excluding hydrogens is 250 g/mol. The number of hydrogen-bond donors (Lipinski definition) is 1. The monoisotopic (exact) mass is 265 g/mol. The van der Waals surface area contributed by atoms with Gasteiger partial charge in [-0.05, 0) is 33.0 Å². The Labute approximate surface area is 107 Å². The summed E-state index contributed by atoms with van der Waals surface area (Å²) in [5.41, 5.74) is 1.94. The fourth-order valence-electron chi connectivity index (χ4n) is 1.94. The summed E-state index contributed by atoms with van der Waals surface area (Å²) >= 11 is 0. The second-order valence-corrected chi connectivity index (χ2v) is 5.78. The summed E-state index contributed by atoms with van der Waals surface area (Å²) in [6.07, 6.45) is 0. The van der Waals surface area contributed by atoms with Crippen molar-refractivity contribution in [2.75, 3.05) is 7.05 Å². The maximum absolute atomic E-state index is 11.9. The minimum Gasteiger partial charge on any atom is -0.236 e. The molecule has 2 aromatic rings. The number of rotatable bonds is 3. The highest BCUT2D eigenvalue weighted by atomic mass is 32.2. The molecule has 0 aliphatic rings. The lowest BCUT2D eigenvalue weighted by Gasteiger charge is -2.05. The molecule has 0 saturated carbocycles. The van der Waals surface area contributed by atoms with Gasteiger partial charge in [-0.25, -0.2) is 17.8 Å². The van der Waals surface area contributed by atoms with E-state index in [1.54, 1.807) is 18.5 Å². The first-order valence-corrected chi connectivity index (χ1v) is 7.01. The molecule has 0 unspecified atom stereocenters. The first-order chi connectivity index (χ1) is 8.47. The summed E-state index contributed by atoms with van der Waals surface area (Å²) in [7, 11) is -2.08. The van der Waals surface area contributed by atoms with Crippen molar-refractivity contribution in [2.45, 2.75) is 18.7 Å². The highest BCUT2D eigenvalue weighted by Crippen LogP contribution is 2.21. The number of para-hydroxylation sites is 1. The van der Waals surface area contributed by atoms with Gasteiger partial charge in [0.2, 0.25) is 10.0 Å². The van der Waals surface area contributed by atoms with Crippen molar-refractivity contribution in [2.24, 2.45) is 0 Å². The molecule has 5 nitrogen and oxygen atoms in total. The van der Waals surface area contributed by atoms with E-state index in [1.165, 1.54) is 7.05 Å². The third-order valence-corrected chi connectivity index (χ3v) is 4.43. The van der Waals surface area contributed by atoms with Crippen molar-refractivity contribution in [3.05, 3.63) is 41.7 Å². The van der Waals surface area contributed by atoms with Crippen LogP contribution in [0.4, 0.5) is 0 Å². The van der Waals surface area contributed by atoms with Crippen molar-refractivity contribution in [3.63, 3.8) is 0 Å². The third-order valence-electron chi connectivity index (χ3n) is 2.76. The van der Waals surface area contributed by atoms with Crippen LogP contribution in [-0.2, 0) is 10.0 Å². The summed E-state index contributed by atoms with van der Waals surface area (Å²) in [5, 5.41) is 4.29. The van der Waals surface area contributed by atoms with E-state index in [0.717, 1.165) is 5.69 Å². The zero-order valence-corrected chi connectivity index (χ0v) is 11.3. The number of hydrogen-bond acceptors (Lipinski definition) is 3. The van der Waals surface area contributed by atoms with Gasteiger partial charge in [-0.3, -0.25) is 0 Å². The molecule has 0 fully saturated rings. The number of benzene rings is 1. The van der Waals surface area contributed by atoms with Gasteiger partial charge in [-0.15, -0.1) is 0 Å². The van der Waals surface area contributed by atoms with E-state index in [0.29, 0.717) is 11.4 Å². The van der Waals surface area contributed by atoms with Gasteiger partial charge < -0.3 is 0 Å². The van der Waals surface area contributed by atoms with E-state index in [9.17, 15) is 8.42 Å². The molecule has 96 valence electrons. The molecule has 2 rings (SSSR count). The molecule has 1 aromatic heterocycles.